The molecule has 15 heteroatoms. The molecule has 12 nitrogen and oxygen atoms in total. The number of aromatic amines is 1. The summed E-state index contributed by atoms with van der Waals surface area (Å²) in [4.78, 5) is 38.1. The van der Waals surface area contributed by atoms with Crippen LogP contribution in [-0.4, -0.2) is 64.2 Å². The molecule has 2 heterocycles. The molecule has 1 aliphatic rings. The molecule has 0 bridgehead atoms. The van der Waals surface area contributed by atoms with Crippen LogP contribution in [0, 0.1) is 0 Å². The number of aliphatic hydroxyl groups is 1. The SMILES string of the molecule is [B][C@]1(Cl)[C@H](O)[C@@H](COP(=O)(N[C@@H](C)C(=O)OC(C)CC)Oc2ccccc2)O[C@H]1n1ccc(=O)[nH]c1=O. The first-order chi connectivity index (χ1) is 17.4. The number of aliphatic hydroxyl groups excluding tert-OH is 1. The number of halogens is 1. The summed E-state index contributed by atoms with van der Waals surface area (Å²) in [7, 11) is 1.77. The summed E-state index contributed by atoms with van der Waals surface area (Å²) < 4.78 is 34.6. The molecule has 3 N–H and O–H groups in total. The number of nitrogens with zero attached hydrogens (tertiary/aromatic N) is 1. The highest BCUT2D eigenvalue weighted by Crippen LogP contribution is 2.47. The number of para-hydroxylation sites is 1. The number of nitrogens with one attached hydrogen (secondary N) is 2. The Morgan fingerprint density at radius 1 is 1.32 bits per heavy atom. The topological polar surface area (TPSA) is 158 Å². The predicted molar refractivity (Wildman–Crippen MR) is 135 cm³/mol. The maximum atomic E-state index is 13.7. The molecule has 200 valence electrons. The van der Waals surface area contributed by atoms with E-state index in [4.69, 9.17) is 38.0 Å². The lowest BCUT2D eigenvalue weighted by atomic mass is 9.79. The Morgan fingerprint density at radius 2 is 2.00 bits per heavy atom. The van der Waals surface area contributed by atoms with Gasteiger partial charge in [0.15, 0.2) is 6.23 Å². The van der Waals surface area contributed by atoms with E-state index in [1.165, 1.54) is 19.1 Å². The van der Waals surface area contributed by atoms with Crippen LogP contribution in [0.15, 0.2) is 52.2 Å². The second-order valence-corrected chi connectivity index (χ2v) is 10.9. The van der Waals surface area contributed by atoms with Gasteiger partial charge < -0.3 is 19.1 Å². The minimum absolute atomic E-state index is 0.178. The zero-order valence-corrected chi connectivity index (χ0v) is 22.1. The van der Waals surface area contributed by atoms with E-state index in [9.17, 15) is 24.1 Å². The van der Waals surface area contributed by atoms with Gasteiger partial charge in [0.05, 0.1) is 23.6 Å². The van der Waals surface area contributed by atoms with Crippen LogP contribution in [-0.2, 0) is 23.4 Å². The van der Waals surface area contributed by atoms with Crippen LogP contribution in [0.2, 0.25) is 0 Å². The summed E-state index contributed by atoms with van der Waals surface area (Å²) >= 11 is 6.31. The van der Waals surface area contributed by atoms with Crippen LogP contribution in [0.25, 0.3) is 0 Å². The van der Waals surface area contributed by atoms with Crippen molar-refractivity contribution in [2.75, 3.05) is 6.61 Å². The molecule has 37 heavy (non-hydrogen) atoms. The minimum Gasteiger partial charge on any atom is -0.462 e. The Hall–Kier alpha value is -2.41. The van der Waals surface area contributed by atoms with Crippen LogP contribution in [0.3, 0.4) is 0 Å². The zero-order chi connectivity index (χ0) is 27.4. The number of hydrogen-bond donors (Lipinski definition) is 3. The molecule has 2 aromatic rings. The van der Waals surface area contributed by atoms with Crippen molar-refractivity contribution in [3.05, 3.63) is 63.4 Å². The number of ether oxygens (including phenoxy) is 2. The summed E-state index contributed by atoms with van der Waals surface area (Å²) in [6.07, 6.45) is -2.94. The van der Waals surface area contributed by atoms with Crippen molar-refractivity contribution in [3.63, 3.8) is 0 Å². The van der Waals surface area contributed by atoms with Crippen LogP contribution in [0.1, 0.15) is 33.4 Å². The third kappa shape index (κ3) is 7.13. The average molecular weight is 556 g/mol. The minimum atomic E-state index is -4.27. The molecule has 2 radical (unpaired) electrons. The number of benzene rings is 1. The summed E-state index contributed by atoms with van der Waals surface area (Å²) in [6.45, 7) is 4.43. The highest BCUT2D eigenvalue weighted by Gasteiger charge is 2.53. The number of alkyl halides is 1. The first kappa shape index (κ1) is 29.2. The van der Waals surface area contributed by atoms with Gasteiger partial charge in [-0.2, -0.15) is 5.09 Å². The first-order valence-corrected chi connectivity index (χ1v) is 13.4. The molecular formula is C22H28BClN3O9P. The van der Waals surface area contributed by atoms with Gasteiger partial charge in [-0.25, -0.2) is 9.36 Å². The fourth-order valence-corrected chi connectivity index (χ4v) is 5.15. The number of aromatic nitrogens is 2. The normalized spacial score (nSPS) is 26.7. The van der Waals surface area contributed by atoms with Gasteiger partial charge in [-0.15, -0.1) is 11.6 Å². The van der Waals surface area contributed by atoms with Gasteiger partial charge in [-0.1, -0.05) is 25.1 Å². The van der Waals surface area contributed by atoms with Crippen molar-refractivity contribution in [1.82, 2.24) is 14.6 Å². The largest absolute Gasteiger partial charge is 0.462 e. The van der Waals surface area contributed by atoms with Crippen molar-refractivity contribution >= 4 is 33.2 Å². The number of carbonyl (C=O) groups excluding carboxylic acids is 1. The van der Waals surface area contributed by atoms with Gasteiger partial charge >= 0.3 is 19.4 Å². The summed E-state index contributed by atoms with van der Waals surface area (Å²) in [5.41, 5.74) is -1.52. The third-order valence-electron chi connectivity index (χ3n) is 5.57. The van der Waals surface area contributed by atoms with Gasteiger partial charge in [0.2, 0.25) is 0 Å². The molecule has 0 aliphatic carbocycles. The van der Waals surface area contributed by atoms with Crippen molar-refractivity contribution in [2.24, 2.45) is 0 Å². The molecule has 0 spiro atoms. The zero-order valence-electron chi connectivity index (χ0n) is 20.4. The second-order valence-electron chi connectivity index (χ2n) is 8.52. The maximum absolute atomic E-state index is 13.7. The number of carbonyl (C=O) groups is 1. The highest BCUT2D eigenvalue weighted by molar-refractivity contribution is 7.52. The van der Waals surface area contributed by atoms with Crippen molar-refractivity contribution in [3.8, 4) is 5.75 Å². The van der Waals surface area contributed by atoms with Gasteiger partial charge in [0.25, 0.3) is 5.56 Å². The molecule has 0 amide bonds. The second kappa shape index (κ2) is 12.0. The molecule has 0 saturated carbocycles. The molecule has 2 unspecified atom stereocenters. The van der Waals surface area contributed by atoms with Gasteiger partial charge in [-0.3, -0.25) is 23.7 Å². The van der Waals surface area contributed by atoms with Crippen molar-refractivity contribution in [1.29, 1.82) is 0 Å². The quantitative estimate of drug-likeness (QED) is 0.160. The highest BCUT2D eigenvalue weighted by atomic mass is 35.5. The maximum Gasteiger partial charge on any atom is 0.459 e. The van der Waals surface area contributed by atoms with Gasteiger partial charge in [-0.05, 0) is 32.4 Å². The Bertz CT molecular complexity index is 1240. The van der Waals surface area contributed by atoms with Crippen LogP contribution in [0.5, 0.6) is 5.75 Å². The Morgan fingerprint density at radius 3 is 2.62 bits per heavy atom. The lowest BCUT2D eigenvalue weighted by molar-refractivity contribution is -0.150. The summed E-state index contributed by atoms with van der Waals surface area (Å²) in [5, 5.41) is 13.2. The van der Waals surface area contributed by atoms with E-state index in [1.807, 2.05) is 11.9 Å². The van der Waals surface area contributed by atoms with Gasteiger partial charge in [0.1, 0.15) is 25.7 Å². The van der Waals surface area contributed by atoms with Crippen LogP contribution < -0.4 is 20.9 Å². The third-order valence-corrected chi connectivity index (χ3v) is 7.62. The summed E-state index contributed by atoms with van der Waals surface area (Å²) in [5.74, 6) is -0.497. The Balaban J connectivity index is 1.79. The van der Waals surface area contributed by atoms with E-state index in [0.29, 0.717) is 6.42 Å². The monoisotopic (exact) mass is 555 g/mol. The number of rotatable bonds is 11. The summed E-state index contributed by atoms with van der Waals surface area (Å²) in [6, 6.07) is 8.04. The number of esters is 1. The van der Waals surface area contributed by atoms with Gasteiger partial charge in [0, 0.05) is 12.3 Å². The molecule has 1 aromatic carbocycles. The van der Waals surface area contributed by atoms with E-state index in [-0.39, 0.29) is 11.9 Å². The molecule has 1 aromatic heterocycles. The van der Waals surface area contributed by atoms with E-state index >= 15 is 0 Å². The smallest absolute Gasteiger partial charge is 0.459 e. The molecule has 1 fully saturated rings. The van der Waals surface area contributed by atoms with Crippen molar-refractivity contribution < 1.29 is 33.0 Å². The Labute approximate surface area is 219 Å². The van der Waals surface area contributed by atoms with E-state index in [2.05, 4.69) is 5.09 Å². The standard InChI is InChI=1S/C22H28BClN3O9P/c1-4-13(2)34-19(30)14(3)26-37(32,36-15-8-6-5-7-9-15)33-12-16-18(29)22(23,24)20(35-16)27-11-10-17(28)25-21(27)31/h5-11,13-14,16,18,20,29H,4,12H2,1-3H3,(H,26,32)(H,25,28,31)/t13?,14-,16+,18+,20+,22-,37?/m0/s1. The fraction of sp³-hybridized carbons (Fsp3) is 0.500. The van der Waals surface area contributed by atoms with E-state index < -0.39 is 60.8 Å². The molecule has 1 aliphatic heterocycles. The predicted octanol–water partition coefficient (Wildman–Crippen LogP) is 1.42. The average Bonchev–Trinajstić information content (AvgIpc) is 3.06. The molecular weight excluding hydrogens is 527 g/mol. The lowest BCUT2D eigenvalue weighted by Crippen LogP contribution is -2.45. The molecule has 1 saturated heterocycles. The molecule has 7 atom stereocenters. The Kier molecular flexibility index (Phi) is 9.44. The van der Waals surface area contributed by atoms with Crippen molar-refractivity contribution in [2.45, 2.75) is 62.5 Å². The first-order valence-electron chi connectivity index (χ1n) is 11.5. The number of hydrogen-bond acceptors (Lipinski definition) is 9. The number of H-pyrrole nitrogens is 1. The van der Waals surface area contributed by atoms with E-state index in [1.54, 1.807) is 25.1 Å². The van der Waals surface area contributed by atoms with Crippen LogP contribution >= 0.6 is 19.3 Å². The fourth-order valence-electron chi connectivity index (χ4n) is 3.35. The molecule has 3 rings (SSSR count). The van der Waals surface area contributed by atoms with Crippen LogP contribution in [0.4, 0.5) is 0 Å². The van der Waals surface area contributed by atoms with E-state index in [0.717, 1.165) is 16.8 Å². The lowest BCUT2D eigenvalue weighted by Gasteiger charge is -2.27.